The van der Waals surface area contributed by atoms with Crippen molar-refractivity contribution in [3.8, 4) is 0 Å². The number of nitrogens with one attached hydrogen (secondary N) is 1. The highest BCUT2D eigenvalue weighted by Gasteiger charge is 2.29. The fourth-order valence-corrected chi connectivity index (χ4v) is 5.48. The number of nitrogens with zero attached hydrogens (tertiary/aromatic N) is 2. The van der Waals surface area contributed by atoms with Crippen LogP contribution in [-0.2, 0) is 17.6 Å². The monoisotopic (exact) mass is 565 g/mol. The molecule has 2 N–H and O–H groups in total. The van der Waals surface area contributed by atoms with E-state index in [1.54, 1.807) is 4.90 Å². The van der Waals surface area contributed by atoms with E-state index in [9.17, 15) is 14.7 Å². The van der Waals surface area contributed by atoms with Crippen LogP contribution in [0, 0.1) is 0 Å². The largest absolute Gasteiger partial charge is 0.465 e. The molecule has 0 unspecified atom stereocenters. The lowest BCUT2D eigenvalue weighted by atomic mass is 9.96. The number of rotatable bonds is 18. The van der Waals surface area contributed by atoms with Crippen LogP contribution in [0.3, 0.4) is 0 Å². The molecule has 1 aromatic heterocycles. The third-order valence-electron chi connectivity index (χ3n) is 6.45. The number of carboxylic acid groups (broad SMARTS) is 1. The summed E-state index contributed by atoms with van der Waals surface area (Å²) in [4.78, 5) is 31.2. The Morgan fingerprint density at radius 1 is 0.900 bits per heavy atom. The zero-order chi connectivity index (χ0) is 28.8. The summed E-state index contributed by atoms with van der Waals surface area (Å²) in [6.45, 7) is 4.69. The summed E-state index contributed by atoms with van der Waals surface area (Å²) in [5.74, 6) is -0.0414. The average molecular weight is 566 g/mol. The van der Waals surface area contributed by atoms with Crippen LogP contribution in [0.15, 0.2) is 72.9 Å². The highest BCUT2D eigenvalue weighted by molar-refractivity contribution is 7.15. The molecule has 1 aliphatic carbocycles. The predicted molar refractivity (Wildman–Crippen MR) is 169 cm³/mol. The summed E-state index contributed by atoms with van der Waals surface area (Å²) in [5.41, 5.74) is 0.996. The molecule has 0 radical (unpaired) electrons. The average Bonchev–Trinajstić information content (AvgIpc) is 3.34. The molecule has 40 heavy (non-hydrogen) atoms. The highest BCUT2D eigenvalue weighted by atomic mass is 32.1. The molecule has 1 aromatic rings. The summed E-state index contributed by atoms with van der Waals surface area (Å²) >= 11 is 1.48. The van der Waals surface area contributed by atoms with Crippen LogP contribution in [0.4, 0.5) is 9.93 Å². The highest BCUT2D eigenvalue weighted by Crippen LogP contribution is 2.32. The van der Waals surface area contributed by atoms with Gasteiger partial charge in [-0.15, -0.1) is 11.3 Å². The fraction of sp³-hybridized carbons (Fsp3) is 0.485. The van der Waals surface area contributed by atoms with Gasteiger partial charge in [0.15, 0.2) is 5.13 Å². The lowest BCUT2D eigenvalue weighted by Gasteiger charge is -2.31. The number of carbonyl (C=O) groups is 2. The van der Waals surface area contributed by atoms with Crippen molar-refractivity contribution in [2.45, 2.75) is 96.9 Å². The molecular weight excluding hydrogens is 518 g/mol. The normalized spacial score (nSPS) is 15.9. The Bertz CT molecular complexity index is 1060. The number of thiazole rings is 1. The number of hydrogen-bond donors (Lipinski definition) is 2. The molecular formula is C33H47N3O3S. The number of anilines is 1. The maximum atomic E-state index is 12.4. The molecule has 2 rings (SSSR count). The molecule has 0 saturated carbocycles. The summed E-state index contributed by atoms with van der Waals surface area (Å²) in [6.07, 6.45) is 35.1. The van der Waals surface area contributed by atoms with Gasteiger partial charge in [0.1, 0.15) is 0 Å². The first-order chi connectivity index (χ1) is 19.5. The molecule has 7 heteroatoms. The third-order valence-corrected chi connectivity index (χ3v) is 7.48. The van der Waals surface area contributed by atoms with Gasteiger partial charge in [-0.3, -0.25) is 4.79 Å². The SMILES string of the molecule is CCC=CCC=CCC=CCC=CCC=CCC=CCCC(=O)Nc1nc2c(s1)C[C@H](N(CCC)C(=O)O)CC2. The van der Waals surface area contributed by atoms with Gasteiger partial charge in [0.25, 0.3) is 0 Å². The van der Waals surface area contributed by atoms with Crippen molar-refractivity contribution in [3.63, 3.8) is 0 Å². The van der Waals surface area contributed by atoms with E-state index in [0.29, 0.717) is 30.9 Å². The molecule has 0 spiro atoms. The molecule has 0 bridgehead atoms. The van der Waals surface area contributed by atoms with Gasteiger partial charge in [0.2, 0.25) is 5.91 Å². The predicted octanol–water partition coefficient (Wildman–Crippen LogP) is 8.81. The van der Waals surface area contributed by atoms with Crippen molar-refractivity contribution in [2.75, 3.05) is 11.9 Å². The standard InChI is InChI=1S/C33H47N3O3S/c1-3-5-6-7-8-9-10-11-12-13-14-15-16-17-18-19-20-21-22-23-31(37)35-32-34-29-25-24-28(27-30(29)40-32)36(26-4-2)33(38)39/h5-6,8-9,11-12,14-15,17-18,20-21,28H,3-4,7,10,13,16,19,22-27H2,1-2H3,(H,38,39)(H,34,35,37)/t28-/m1/s1. The lowest BCUT2D eigenvalue weighted by molar-refractivity contribution is -0.116. The van der Waals surface area contributed by atoms with Gasteiger partial charge in [0.05, 0.1) is 5.69 Å². The number of aromatic nitrogens is 1. The van der Waals surface area contributed by atoms with Gasteiger partial charge in [-0.1, -0.05) is 86.8 Å². The van der Waals surface area contributed by atoms with Crippen molar-refractivity contribution < 1.29 is 14.7 Å². The summed E-state index contributed by atoms with van der Waals surface area (Å²) in [5, 5.41) is 13.1. The van der Waals surface area contributed by atoms with Crippen LogP contribution in [-0.4, -0.2) is 39.6 Å². The lowest BCUT2D eigenvalue weighted by Crippen LogP contribution is -2.42. The molecule has 0 saturated heterocycles. The van der Waals surface area contributed by atoms with Gasteiger partial charge in [0, 0.05) is 30.3 Å². The Morgan fingerprint density at radius 3 is 1.98 bits per heavy atom. The number of carbonyl (C=O) groups excluding carboxylic acids is 1. The Morgan fingerprint density at radius 2 is 1.45 bits per heavy atom. The van der Waals surface area contributed by atoms with E-state index in [0.717, 1.165) is 68.4 Å². The second-order valence-electron chi connectivity index (χ2n) is 9.76. The molecule has 2 amide bonds. The molecule has 0 aromatic carbocycles. The minimum Gasteiger partial charge on any atom is -0.465 e. The van der Waals surface area contributed by atoms with Crippen molar-refractivity contribution in [3.05, 3.63) is 83.5 Å². The zero-order valence-electron chi connectivity index (χ0n) is 24.3. The van der Waals surface area contributed by atoms with E-state index in [-0.39, 0.29) is 11.9 Å². The van der Waals surface area contributed by atoms with Gasteiger partial charge in [-0.05, 0) is 64.2 Å². The molecule has 218 valence electrons. The van der Waals surface area contributed by atoms with Crippen LogP contribution in [0.2, 0.25) is 0 Å². The topological polar surface area (TPSA) is 82.5 Å². The Labute approximate surface area is 245 Å². The quantitative estimate of drug-likeness (QED) is 0.174. The summed E-state index contributed by atoms with van der Waals surface area (Å²) in [6, 6.07) is -0.0120. The van der Waals surface area contributed by atoms with Crippen molar-refractivity contribution in [1.82, 2.24) is 9.88 Å². The number of aryl methyl sites for hydroxylation is 1. The van der Waals surface area contributed by atoms with Crippen molar-refractivity contribution >= 4 is 28.5 Å². The van der Waals surface area contributed by atoms with Crippen LogP contribution < -0.4 is 5.32 Å². The minimum absolute atomic E-state index is 0.0120. The number of amides is 2. The van der Waals surface area contributed by atoms with Crippen molar-refractivity contribution in [2.24, 2.45) is 0 Å². The van der Waals surface area contributed by atoms with Crippen LogP contribution >= 0.6 is 11.3 Å². The maximum Gasteiger partial charge on any atom is 0.407 e. The van der Waals surface area contributed by atoms with Crippen LogP contribution in [0.5, 0.6) is 0 Å². The fourth-order valence-electron chi connectivity index (χ4n) is 4.39. The Balaban J connectivity index is 1.56. The second-order valence-corrected chi connectivity index (χ2v) is 10.8. The van der Waals surface area contributed by atoms with Gasteiger partial charge < -0.3 is 15.3 Å². The van der Waals surface area contributed by atoms with Crippen LogP contribution in [0.1, 0.15) is 88.6 Å². The smallest absolute Gasteiger partial charge is 0.407 e. The first-order valence-electron chi connectivity index (χ1n) is 14.7. The van der Waals surface area contributed by atoms with Gasteiger partial charge in [-0.25, -0.2) is 9.78 Å². The molecule has 1 heterocycles. The molecule has 1 aliphatic rings. The van der Waals surface area contributed by atoms with E-state index < -0.39 is 6.09 Å². The molecule has 1 atom stereocenters. The first kappa shape index (κ1) is 33.0. The number of fused-ring (bicyclic) bond motifs is 1. The van der Waals surface area contributed by atoms with Crippen molar-refractivity contribution in [1.29, 1.82) is 0 Å². The van der Waals surface area contributed by atoms with E-state index in [2.05, 4.69) is 84.1 Å². The summed E-state index contributed by atoms with van der Waals surface area (Å²) < 4.78 is 0. The van der Waals surface area contributed by atoms with E-state index in [1.807, 2.05) is 13.0 Å². The zero-order valence-corrected chi connectivity index (χ0v) is 25.1. The molecule has 6 nitrogen and oxygen atoms in total. The van der Waals surface area contributed by atoms with Gasteiger partial charge in [-0.2, -0.15) is 0 Å². The van der Waals surface area contributed by atoms with E-state index in [1.165, 1.54) is 11.3 Å². The Hall–Kier alpha value is -3.19. The summed E-state index contributed by atoms with van der Waals surface area (Å²) in [7, 11) is 0. The molecule has 0 fully saturated rings. The molecule has 0 aliphatic heterocycles. The Kier molecular flexibility index (Phi) is 17.1. The minimum atomic E-state index is -0.859. The van der Waals surface area contributed by atoms with Crippen LogP contribution in [0.25, 0.3) is 0 Å². The second kappa shape index (κ2) is 20.7. The number of allylic oxidation sites excluding steroid dienone is 12. The van der Waals surface area contributed by atoms with E-state index >= 15 is 0 Å². The maximum absolute atomic E-state index is 12.4. The third kappa shape index (κ3) is 13.7. The number of hydrogen-bond acceptors (Lipinski definition) is 4. The van der Waals surface area contributed by atoms with Gasteiger partial charge >= 0.3 is 6.09 Å². The van der Waals surface area contributed by atoms with E-state index in [4.69, 9.17) is 0 Å². The first-order valence-corrected chi connectivity index (χ1v) is 15.5.